The molecule has 4 aromatic rings. The summed E-state index contributed by atoms with van der Waals surface area (Å²) in [4.78, 5) is 16.8. The maximum atomic E-state index is 6.61. The van der Waals surface area contributed by atoms with E-state index in [1.54, 1.807) is 0 Å². The predicted octanol–water partition coefficient (Wildman–Crippen LogP) is 5.16. The predicted molar refractivity (Wildman–Crippen MR) is 155 cm³/mol. The number of aliphatic imine (C=N–C) groups is 2. The van der Waals surface area contributed by atoms with Gasteiger partial charge in [-0.05, 0) is 44.5 Å². The Morgan fingerprint density at radius 2 is 1.95 bits per heavy atom. The molecule has 0 aliphatic carbocycles. The highest BCUT2D eigenvalue weighted by atomic mass is 35.5. The van der Waals surface area contributed by atoms with Crippen LogP contribution in [0.5, 0.6) is 5.75 Å². The molecule has 0 atom stereocenters. The minimum absolute atomic E-state index is 0.109. The van der Waals surface area contributed by atoms with Crippen LogP contribution in [-0.4, -0.2) is 77.5 Å². The Labute approximate surface area is 226 Å². The normalized spacial score (nSPS) is 15.2. The molecule has 2 aromatic carbocycles. The number of anilines is 1. The van der Waals surface area contributed by atoms with Gasteiger partial charge >= 0.3 is 0 Å². The molecule has 0 spiro atoms. The number of halogens is 1. The van der Waals surface area contributed by atoms with Crippen molar-refractivity contribution >= 4 is 40.9 Å². The topological polar surface area (TPSA) is 96.9 Å². The summed E-state index contributed by atoms with van der Waals surface area (Å²) in [6, 6.07) is 17.8. The molecular formula is C28H31ClN8O. The second-order valence-corrected chi connectivity index (χ2v) is 9.59. The van der Waals surface area contributed by atoms with Crippen molar-refractivity contribution in [2.45, 2.75) is 6.92 Å². The van der Waals surface area contributed by atoms with Crippen LogP contribution in [0, 0.1) is 6.92 Å². The Balaban J connectivity index is 1.35. The van der Waals surface area contributed by atoms with Gasteiger partial charge in [-0.25, -0.2) is 9.98 Å². The second kappa shape index (κ2) is 11.5. The Bertz CT molecular complexity index is 1460. The summed E-state index contributed by atoms with van der Waals surface area (Å²) >= 11 is 6.61. The SMILES string of the molecule is C=N/C(=C\C(=N/COc1ccc2[nH]c(C)cc2c1Cl)N1CCN(C)CC1)Nc1cc(-c2ccccc2)[nH]n1. The van der Waals surface area contributed by atoms with E-state index >= 15 is 0 Å². The third kappa shape index (κ3) is 5.90. The van der Waals surface area contributed by atoms with E-state index in [9.17, 15) is 0 Å². The highest BCUT2D eigenvalue weighted by Crippen LogP contribution is 2.33. The van der Waals surface area contributed by atoms with Gasteiger partial charge in [-0.2, -0.15) is 5.10 Å². The minimum Gasteiger partial charge on any atom is -0.470 e. The molecule has 5 rings (SSSR count). The third-order valence-corrected chi connectivity index (χ3v) is 6.86. The highest BCUT2D eigenvalue weighted by Gasteiger charge is 2.17. The monoisotopic (exact) mass is 530 g/mol. The first kappa shape index (κ1) is 25.6. The molecule has 1 fully saturated rings. The van der Waals surface area contributed by atoms with Gasteiger partial charge in [0, 0.05) is 54.9 Å². The number of nitrogens with zero attached hydrogens (tertiary/aromatic N) is 5. The molecule has 2 aromatic heterocycles. The first-order valence-corrected chi connectivity index (χ1v) is 12.8. The lowest BCUT2D eigenvalue weighted by molar-refractivity contribution is 0.214. The summed E-state index contributed by atoms with van der Waals surface area (Å²) in [5.41, 5.74) is 3.98. The van der Waals surface area contributed by atoms with Crippen LogP contribution in [0.4, 0.5) is 5.82 Å². The standard InChI is InChI=1S/C28H31ClN8O/c1-19-15-21-22(32-19)9-10-24(28(21)29)38-18-31-27(37-13-11-36(3)12-14-37)17-25(30-2)33-26-16-23(34-35-26)20-7-5-4-6-8-20/h4-10,15-17,32H,2,11-14,18H2,1,3H3,(H2,33,34,35)/b25-17+,31-27+. The zero-order chi connectivity index (χ0) is 26.5. The van der Waals surface area contributed by atoms with Gasteiger partial charge in [0.1, 0.15) is 17.4 Å². The number of amidine groups is 1. The van der Waals surface area contributed by atoms with E-state index in [-0.39, 0.29) is 6.73 Å². The summed E-state index contributed by atoms with van der Waals surface area (Å²) in [5, 5.41) is 12.2. The number of benzene rings is 2. The summed E-state index contributed by atoms with van der Waals surface area (Å²) in [6.07, 6.45) is 1.87. The fourth-order valence-corrected chi connectivity index (χ4v) is 4.64. The van der Waals surface area contributed by atoms with E-state index < -0.39 is 0 Å². The van der Waals surface area contributed by atoms with Crippen molar-refractivity contribution in [3.8, 4) is 17.0 Å². The van der Waals surface area contributed by atoms with Crippen LogP contribution in [-0.2, 0) is 0 Å². The van der Waals surface area contributed by atoms with Gasteiger partial charge in [0.15, 0.2) is 12.5 Å². The fourth-order valence-electron chi connectivity index (χ4n) is 4.37. The molecule has 0 radical (unpaired) electrons. The van der Waals surface area contributed by atoms with E-state index in [2.05, 4.69) is 49.1 Å². The second-order valence-electron chi connectivity index (χ2n) is 9.22. The van der Waals surface area contributed by atoms with E-state index in [1.165, 1.54) is 0 Å². The van der Waals surface area contributed by atoms with Crippen LogP contribution in [0.15, 0.2) is 76.5 Å². The van der Waals surface area contributed by atoms with Gasteiger partial charge in [0.25, 0.3) is 0 Å². The number of piperazine rings is 1. The summed E-state index contributed by atoms with van der Waals surface area (Å²) in [6.45, 7) is 9.41. The van der Waals surface area contributed by atoms with Gasteiger partial charge in [-0.3, -0.25) is 5.10 Å². The third-order valence-electron chi connectivity index (χ3n) is 6.47. The number of H-pyrrole nitrogens is 2. The molecule has 1 aliphatic heterocycles. The number of ether oxygens (including phenoxy) is 1. The molecule has 10 heteroatoms. The molecule has 3 N–H and O–H groups in total. The largest absolute Gasteiger partial charge is 0.470 e. The quantitative estimate of drug-likeness (QED) is 0.216. The van der Waals surface area contributed by atoms with Crippen molar-refractivity contribution in [3.63, 3.8) is 0 Å². The molecule has 0 amide bonds. The minimum atomic E-state index is 0.109. The van der Waals surface area contributed by atoms with Crippen molar-refractivity contribution in [3.05, 3.63) is 77.2 Å². The van der Waals surface area contributed by atoms with Crippen LogP contribution in [0.1, 0.15) is 5.69 Å². The summed E-state index contributed by atoms with van der Waals surface area (Å²) < 4.78 is 6.00. The van der Waals surface area contributed by atoms with Gasteiger partial charge < -0.3 is 24.8 Å². The zero-order valence-corrected chi connectivity index (χ0v) is 22.3. The number of likely N-dealkylation sites (N-methyl/N-ethyl adjacent to an activating group) is 1. The van der Waals surface area contributed by atoms with Crippen molar-refractivity contribution in [1.82, 2.24) is 25.0 Å². The maximum absolute atomic E-state index is 6.61. The molecule has 196 valence electrons. The summed E-state index contributed by atoms with van der Waals surface area (Å²) in [7, 11) is 2.12. The van der Waals surface area contributed by atoms with Crippen molar-refractivity contribution in [2.75, 3.05) is 45.3 Å². The van der Waals surface area contributed by atoms with Gasteiger partial charge in [-0.1, -0.05) is 41.9 Å². The molecule has 3 heterocycles. The fraction of sp³-hybridized carbons (Fsp3) is 0.250. The van der Waals surface area contributed by atoms with Crippen LogP contribution < -0.4 is 10.1 Å². The number of rotatable bonds is 8. The molecule has 1 saturated heterocycles. The number of aromatic amines is 2. The number of aryl methyl sites for hydroxylation is 1. The summed E-state index contributed by atoms with van der Waals surface area (Å²) in [5.74, 6) is 2.52. The Morgan fingerprint density at radius 3 is 2.71 bits per heavy atom. The van der Waals surface area contributed by atoms with Crippen LogP contribution >= 0.6 is 11.6 Å². The zero-order valence-electron chi connectivity index (χ0n) is 21.5. The van der Waals surface area contributed by atoms with Crippen molar-refractivity contribution in [1.29, 1.82) is 0 Å². The molecule has 9 nitrogen and oxygen atoms in total. The average Bonchev–Trinajstić information content (AvgIpc) is 3.56. The number of fused-ring (bicyclic) bond motifs is 1. The molecule has 1 aliphatic rings. The van der Waals surface area contributed by atoms with E-state index in [1.807, 2.05) is 67.6 Å². The van der Waals surface area contributed by atoms with Crippen LogP contribution in [0.25, 0.3) is 22.2 Å². The Hall–Kier alpha value is -4.08. The van der Waals surface area contributed by atoms with Gasteiger partial charge in [-0.15, -0.1) is 0 Å². The molecule has 0 bridgehead atoms. The van der Waals surface area contributed by atoms with Gasteiger partial charge in [0.05, 0.1) is 10.7 Å². The molecular weight excluding hydrogens is 500 g/mol. The Morgan fingerprint density at radius 1 is 1.16 bits per heavy atom. The first-order valence-electron chi connectivity index (χ1n) is 12.4. The van der Waals surface area contributed by atoms with E-state index in [4.69, 9.17) is 21.3 Å². The maximum Gasteiger partial charge on any atom is 0.181 e. The smallest absolute Gasteiger partial charge is 0.181 e. The number of hydrogen-bond donors (Lipinski definition) is 3. The highest BCUT2D eigenvalue weighted by molar-refractivity contribution is 6.37. The Kier molecular flexibility index (Phi) is 7.76. The van der Waals surface area contributed by atoms with E-state index in [0.717, 1.165) is 59.9 Å². The van der Waals surface area contributed by atoms with Crippen LogP contribution in [0.3, 0.4) is 0 Å². The lowest BCUT2D eigenvalue weighted by Gasteiger charge is -2.33. The molecule has 0 saturated carbocycles. The molecule has 38 heavy (non-hydrogen) atoms. The number of hydrogen-bond acceptors (Lipinski definition) is 6. The van der Waals surface area contributed by atoms with Crippen molar-refractivity contribution < 1.29 is 4.74 Å². The molecule has 0 unspecified atom stereocenters. The number of nitrogens with one attached hydrogen (secondary N) is 3. The average molecular weight is 531 g/mol. The van der Waals surface area contributed by atoms with Crippen LogP contribution in [0.2, 0.25) is 5.02 Å². The van der Waals surface area contributed by atoms with E-state index in [0.29, 0.717) is 22.4 Å². The van der Waals surface area contributed by atoms with Crippen molar-refractivity contribution in [2.24, 2.45) is 9.98 Å². The lowest BCUT2D eigenvalue weighted by Crippen LogP contribution is -2.47. The number of aromatic nitrogens is 3. The van der Waals surface area contributed by atoms with Gasteiger partial charge in [0.2, 0.25) is 0 Å². The lowest BCUT2D eigenvalue weighted by atomic mass is 10.2. The first-order chi connectivity index (χ1) is 18.5.